The molecule has 0 atom stereocenters. The molecule has 7 nitrogen and oxygen atoms in total. The third-order valence-electron chi connectivity index (χ3n) is 6.17. The topological polar surface area (TPSA) is 59.9 Å². The molecular formula is C24H36IN7. The summed E-state index contributed by atoms with van der Waals surface area (Å²) >= 11 is 0. The van der Waals surface area contributed by atoms with Crippen molar-refractivity contribution in [1.82, 2.24) is 25.1 Å². The van der Waals surface area contributed by atoms with Crippen LogP contribution in [0.5, 0.6) is 0 Å². The van der Waals surface area contributed by atoms with Crippen molar-refractivity contribution in [2.45, 2.75) is 38.8 Å². The van der Waals surface area contributed by atoms with Gasteiger partial charge in [-0.3, -0.25) is 9.89 Å². The molecule has 0 bridgehead atoms. The number of guanidine groups is 1. The number of rotatable bonds is 5. The summed E-state index contributed by atoms with van der Waals surface area (Å²) in [5.41, 5.74) is 2.72. The monoisotopic (exact) mass is 549 g/mol. The molecule has 3 heterocycles. The summed E-state index contributed by atoms with van der Waals surface area (Å²) in [4.78, 5) is 20.4. The highest BCUT2D eigenvalue weighted by Crippen LogP contribution is 2.15. The lowest BCUT2D eigenvalue weighted by molar-refractivity contribution is 0.277. The van der Waals surface area contributed by atoms with Crippen LogP contribution in [0.25, 0.3) is 0 Å². The van der Waals surface area contributed by atoms with Crippen molar-refractivity contribution in [3.8, 4) is 0 Å². The highest BCUT2D eigenvalue weighted by molar-refractivity contribution is 14.0. The van der Waals surface area contributed by atoms with E-state index in [0.29, 0.717) is 0 Å². The highest BCUT2D eigenvalue weighted by atomic mass is 127. The van der Waals surface area contributed by atoms with Gasteiger partial charge in [-0.25, -0.2) is 9.97 Å². The number of benzene rings is 1. The summed E-state index contributed by atoms with van der Waals surface area (Å²) in [7, 11) is 1.87. The van der Waals surface area contributed by atoms with Gasteiger partial charge in [-0.15, -0.1) is 24.0 Å². The molecule has 2 aliphatic rings. The number of aromatic nitrogens is 2. The first kappa shape index (κ1) is 24.7. The molecule has 174 valence electrons. The summed E-state index contributed by atoms with van der Waals surface area (Å²) in [5, 5.41) is 3.56. The van der Waals surface area contributed by atoms with Crippen molar-refractivity contribution in [2.24, 2.45) is 4.99 Å². The van der Waals surface area contributed by atoms with Crippen LogP contribution in [-0.2, 0) is 13.1 Å². The maximum absolute atomic E-state index is 4.52. The first-order chi connectivity index (χ1) is 15.3. The molecule has 2 fully saturated rings. The quantitative estimate of drug-likeness (QED) is 0.351. The van der Waals surface area contributed by atoms with Gasteiger partial charge >= 0.3 is 0 Å². The van der Waals surface area contributed by atoms with Crippen molar-refractivity contribution in [2.75, 3.05) is 51.2 Å². The van der Waals surface area contributed by atoms with Crippen molar-refractivity contribution < 1.29 is 0 Å². The Morgan fingerprint density at radius 3 is 2.28 bits per heavy atom. The van der Waals surface area contributed by atoms with E-state index in [0.717, 1.165) is 51.2 Å². The summed E-state index contributed by atoms with van der Waals surface area (Å²) < 4.78 is 0. The van der Waals surface area contributed by atoms with E-state index in [1.165, 1.54) is 49.9 Å². The fraction of sp³-hybridized carbons (Fsp3) is 0.542. The minimum Gasteiger partial charge on any atom is -0.352 e. The normalized spacial score (nSPS) is 18.1. The first-order valence-corrected chi connectivity index (χ1v) is 11.6. The van der Waals surface area contributed by atoms with Crippen LogP contribution in [0.4, 0.5) is 5.95 Å². The minimum absolute atomic E-state index is 0. The second-order valence-corrected chi connectivity index (χ2v) is 8.43. The van der Waals surface area contributed by atoms with Gasteiger partial charge in [0.1, 0.15) is 0 Å². The van der Waals surface area contributed by atoms with E-state index >= 15 is 0 Å². The van der Waals surface area contributed by atoms with Gasteiger partial charge in [-0.2, -0.15) is 0 Å². The van der Waals surface area contributed by atoms with Gasteiger partial charge in [-0.05, 0) is 43.1 Å². The number of anilines is 1. The first-order valence-electron chi connectivity index (χ1n) is 11.6. The molecule has 0 unspecified atom stereocenters. The maximum atomic E-state index is 4.52. The van der Waals surface area contributed by atoms with Gasteiger partial charge in [-0.1, -0.05) is 37.1 Å². The van der Waals surface area contributed by atoms with Gasteiger partial charge < -0.3 is 15.1 Å². The largest absolute Gasteiger partial charge is 0.352 e. The molecule has 1 aromatic carbocycles. The van der Waals surface area contributed by atoms with Gasteiger partial charge in [0.2, 0.25) is 5.95 Å². The number of hydrogen-bond donors (Lipinski definition) is 1. The van der Waals surface area contributed by atoms with Crippen LogP contribution < -0.4 is 10.2 Å². The zero-order valence-corrected chi connectivity index (χ0v) is 21.4. The minimum atomic E-state index is 0. The van der Waals surface area contributed by atoms with Gasteiger partial charge in [0.15, 0.2) is 5.96 Å². The molecule has 1 N–H and O–H groups in total. The standard InChI is InChI=1S/C24H35N7.HI/c1-25-23(30-14-16-31(17-15-30)24-26-10-7-11-27-24)28-19-21-8-6-9-22(18-21)20-29-12-4-2-3-5-13-29;/h6-11,18H,2-5,12-17,19-20H2,1H3,(H,25,28);1H. The Labute approximate surface area is 209 Å². The summed E-state index contributed by atoms with van der Waals surface area (Å²) in [5.74, 6) is 1.78. The Morgan fingerprint density at radius 2 is 1.59 bits per heavy atom. The number of hydrogen-bond acceptors (Lipinski definition) is 5. The molecule has 2 aromatic rings. The van der Waals surface area contributed by atoms with E-state index in [-0.39, 0.29) is 24.0 Å². The van der Waals surface area contributed by atoms with Gasteiger partial charge in [0, 0.05) is 58.7 Å². The van der Waals surface area contributed by atoms with Crippen LogP contribution in [0.1, 0.15) is 36.8 Å². The molecule has 0 amide bonds. The number of halogens is 1. The van der Waals surface area contributed by atoms with Crippen LogP contribution in [-0.4, -0.2) is 72.0 Å². The fourth-order valence-corrected chi connectivity index (χ4v) is 4.48. The van der Waals surface area contributed by atoms with Crippen LogP contribution in [0.2, 0.25) is 0 Å². The Kier molecular flexibility index (Phi) is 9.98. The second kappa shape index (κ2) is 12.9. The summed E-state index contributed by atoms with van der Waals surface area (Å²) in [6.45, 7) is 7.94. The molecular weight excluding hydrogens is 513 g/mol. The van der Waals surface area contributed by atoms with Crippen LogP contribution >= 0.6 is 24.0 Å². The van der Waals surface area contributed by atoms with E-state index < -0.39 is 0 Å². The number of nitrogens with one attached hydrogen (secondary N) is 1. The third-order valence-corrected chi connectivity index (χ3v) is 6.17. The number of aliphatic imine (C=N–C) groups is 1. The van der Waals surface area contributed by atoms with E-state index in [1.54, 1.807) is 12.4 Å². The van der Waals surface area contributed by atoms with Gasteiger partial charge in [0.05, 0.1) is 0 Å². The number of piperazine rings is 1. The van der Waals surface area contributed by atoms with Crippen molar-refractivity contribution in [3.63, 3.8) is 0 Å². The van der Waals surface area contributed by atoms with Crippen molar-refractivity contribution >= 4 is 35.9 Å². The molecule has 0 saturated carbocycles. The van der Waals surface area contributed by atoms with E-state index in [1.807, 2.05) is 13.1 Å². The molecule has 4 rings (SSSR count). The predicted molar refractivity (Wildman–Crippen MR) is 142 cm³/mol. The lowest BCUT2D eigenvalue weighted by Gasteiger charge is -2.36. The lowest BCUT2D eigenvalue weighted by atomic mass is 10.1. The van der Waals surface area contributed by atoms with Crippen molar-refractivity contribution in [3.05, 3.63) is 53.9 Å². The Bertz CT molecular complexity index is 829. The lowest BCUT2D eigenvalue weighted by Crippen LogP contribution is -2.52. The van der Waals surface area contributed by atoms with Gasteiger partial charge in [0.25, 0.3) is 0 Å². The molecule has 2 aliphatic heterocycles. The molecule has 0 spiro atoms. The Hall–Kier alpha value is -1.94. The van der Waals surface area contributed by atoms with E-state index in [9.17, 15) is 0 Å². The molecule has 8 heteroatoms. The van der Waals surface area contributed by atoms with Crippen LogP contribution in [0.15, 0.2) is 47.7 Å². The summed E-state index contributed by atoms with van der Waals surface area (Å²) in [6, 6.07) is 10.8. The molecule has 2 saturated heterocycles. The maximum Gasteiger partial charge on any atom is 0.225 e. The van der Waals surface area contributed by atoms with Crippen LogP contribution in [0.3, 0.4) is 0 Å². The number of nitrogens with zero attached hydrogens (tertiary/aromatic N) is 6. The second-order valence-electron chi connectivity index (χ2n) is 8.43. The van der Waals surface area contributed by atoms with E-state index in [4.69, 9.17) is 0 Å². The average molecular weight is 550 g/mol. The van der Waals surface area contributed by atoms with Crippen molar-refractivity contribution in [1.29, 1.82) is 0 Å². The third kappa shape index (κ3) is 7.03. The zero-order chi connectivity index (χ0) is 21.3. The predicted octanol–water partition coefficient (Wildman–Crippen LogP) is 3.37. The molecule has 32 heavy (non-hydrogen) atoms. The van der Waals surface area contributed by atoms with Crippen LogP contribution in [0, 0.1) is 0 Å². The Morgan fingerprint density at radius 1 is 0.906 bits per heavy atom. The highest BCUT2D eigenvalue weighted by Gasteiger charge is 2.21. The number of likely N-dealkylation sites (tertiary alicyclic amines) is 1. The smallest absolute Gasteiger partial charge is 0.225 e. The van der Waals surface area contributed by atoms with E-state index in [2.05, 4.69) is 59.2 Å². The SMILES string of the molecule is CN=C(NCc1cccc(CN2CCCCCC2)c1)N1CCN(c2ncccn2)CC1.I. The fourth-order valence-electron chi connectivity index (χ4n) is 4.48. The molecule has 1 aromatic heterocycles. The average Bonchev–Trinajstić information content (AvgIpc) is 3.09. The molecule has 0 aliphatic carbocycles. The Balaban J connectivity index is 0.00000289. The summed E-state index contributed by atoms with van der Waals surface area (Å²) in [6.07, 6.45) is 9.03. The molecule has 0 radical (unpaired) electrons. The zero-order valence-electron chi connectivity index (χ0n) is 19.1.